The van der Waals surface area contributed by atoms with E-state index in [1.165, 1.54) is 32.1 Å². The molecule has 0 unspecified atom stereocenters. The van der Waals surface area contributed by atoms with Crippen molar-refractivity contribution in [1.82, 2.24) is 4.90 Å². The largest absolute Gasteiger partial charge is 0.340 e. The smallest absolute Gasteiger partial charge is 0.223 e. The summed E-state index contributed by atoms with van der Waals surface area (Å²) in [4.78, 5) is 15.0. The van der Waals surface area contributed by atoms with Crippen LogP contribution >= 0.6 is 0 Å². The molecule has 3 nitrogen and oxygen atoms in total. The van der Waals surface area contributed by atoms with E-state index in [9.17, 15) is 4.79 Å². The first-order valence-corrected chi connectivity index (χ1v) is 8.56. The van der Waals surface area contributed by atoms with Crippen molar-refractivity contribution in [3.8, 4) is 0 Å². The molecule has 0 aromatic carbocycles. The maximum Gasteiger partial charge on any atom is 0.223 e. The van der Waals surface area contributed by atoms with Crippen molar-refractivity contribution in [2.45, 2.75) is 77.7 Å². The fourth-order valence-corrected chi connectivity index (χ4v) is 3.68. The van der Waals surface area contributed by atoms with E-state index >= 15 is 0 Å². The van der Waals surface area contributed by atoms with Crippen molar-refractivity contribution in [3.05, 3.63) is 0 Å². The molecule has 2 N–H and O–H groups in total. The molecule has 20 heavy (non-hydrogen) atoms. The van der Waals surface area contributed by atoms with E-state index in [0.717, 1.165) is 25.8 Å². The predicted octanol–water partition coefficient (Wildman–Crippen LogP) is 3.32. The number of hydrogen-bond acceptors (Lipinski definition) is 2. The van der Waals surface area contributed by atoms with E-state index in [-0.39, 0.29) is 5.41 Å². The molecule has 0 bridgehead atoms. The lowest BCUT2D eigenvalue weighted by Gasteiger charge is -2.42. The number of carbonyl (C=O) groups is 1. The lowest BCUT2D eigenvalue weighted by Crippen LogP contribution is -2.46. The molecule has 0 spiro atoms. The molecular weight excluding hydrogens is 248 g/mol. The topological polar surface area (TPSA) is 46.3 Å². The van der Waals surface area contributed by atoms with Gasteiger partial charge in [0.1, 0.15) is 0 Å². The maximum absolute atomic E-state index is 12.8. The molecular formula is C17H32N2O. The van der Waals surface area contributed by atoms with E-state index in [1.54, 1.807) is 0 Å². The summed E-state index contributed by atoms with van der Waals surface area (Å²) >= 11 is 0. The van der Waals surface area contributed by atoms with Gasteiger partial charge in [0.05, 0.1) is 0 Å². The van der Waals surface area contributed by atoms with Crippen LogP contribution in [-0.2, 0) is 4.79 Å². The highest BCUT2D eigenvalue weighted by atomic mass is 16.2. The normalized spacial score (nSPS) is 22.0. The van der Waals surface area contributed by atoms with E-state index in [2.05, 4.69) is 18.7 Å². The second kappa shape index (κ2) is 6.93. The molecule has 2 saturated carbocycles. The number of nitrogens with two attached hydrogens (primary N) is 1. The molecule has 0 aromatic rings. The van der Waals surface area contributed by atoms with Gasteiger partial charge in [-0.2, -0.15) is 0 Å². The van der Waals surface area contributed by atoms with Crippen LogP contribution in [0.3, 0.4) is 0 Å². The van der Waals surface area contributed by atoms with Gasteiger partial charge in [-0.3, -0.25) is 4.79 Å². The maximum atomic E-state index is 12.8. The Morgan fingerprint density at radius 1 is 1.25 bits per heavy atom. The van der Waals surface area contributed by atoms with Gasteiger partial charge in [0.15, 0.2) is 0 Å². The van der Waals surface area contributed by atoms with Crippen molar-refractivity contribution >= 4 is 5.91 Å². The van der Waals surface area contributed by atoms with Crippen molar-refractivity contribution < 1.29 is 4.79 Å². The van der Waals surface area contributed by atoms with Crippen LogP contribution in [0.25, 0.3) is 0 Å². The average molecular weight is 280 g/mol. The molecule has 0 heterocycles. The summed E-state index contributed by atoms with van der Waals surface area (Å²) in [6.45, 7) is 6.11. The summed E-state index contributed by atoms with van der Waals surface area (Å²) in [6.07, 6.45) is 10.4. The van der Waals surface area contributed by atoms with Crippen molar-refractivity contribution in [3.63, 3.8) is 0 Å². The molecule has 1 amide bonds. The number of rotatable bonds is 7. The van der Waals surface area contributed by atoms with E-state index in [1.807, 2.05) is 0 Å². The van der Waals surface area contributed by atoms with Gasteiger partial charge in [-0.15, -0.1) is 0 Å². The van der Waals surface area contributed by atoms with Gasteiger partial charge in [0.25, 0.3) is 0 Å². The van der Waals surface area contributed by atoms with Crippen molar-refractivity contribution in [2.24, 2.45) is 17.1 Å². The molecule has 2 aliphatic carbocycles. The van der Waals surface area contributed by atoms with Gasteiger partial charge in [0, 0.05) is 19.0 Å². The zero-order valence-corrected chi connectivity index (χ0v) is 13.4. The van der Waals surface area contributed by atoms with Crippen LogP contribution in [0.5, 0.6) is 0 Å². The van der Waals surface area contributed by atoms with Gasteiger partial charge in [-0.05, 0) is 50.0 Å². The van der Waals surface area contributed by atoms with Crippen LogP contribution in [0.2, 0.25) is 0 Å². The Balaban J connectivity index is 1.95. The van der Waals surface area contributed by atoms with Crippen molar-refractivity contribution in [1.29, 1.82) is 0 Å². The fraction of sp³-hybridized carbons (Fsp3) is 0.941. The van der Waals surface area contributed by atoms with Crippen LogP contribution in [-0.4, -0.2) is 29.9 Å². The highest BCUT2D eigenvalue weighted by Gasteiger charge is 2.39. The summed E-state index contributed by atoms with van der Waals surface area (Å²) in [7, 11) is 0. The van der Waals surface area contributed by atoms with Crippen molar-refractivity contribution in [2.75, 3.05) is 13.1 Å². The summed E-state index contributed by atoms with van der Waals surface area (Å²) in [6, 6.07) is 0.510. The Morgan fingerprint density at radius 2 is 1.90 bits per heavy atom. The molecule has 2 rings (SSSR count). The predicted molar refractivity (Wildman–Crippen MR) is 83.4 cm³/mol. The summed E-state index contributed by atoms with van der Waals surface area (Å²) in [5.41, 5.74) is 6.07. The van der Waals surface area contributed by atoms with Crippen LogP contribution < -0.4 is 5.73 Å². The zero-order valence-electron chi connectivity index (χ0n) is 13.4. The van der Waals surface area contributed by atoms with Gasteiger partial charge < -0.3 is 10.6 Å². The molecule has 0 aromatic heterocycles. The second-order valence-corrected chi connectivity index (χ2v) is 7.44. The molecule has 116 valence electrons. The monoisotopic (exact) mass is 280 g/mol. The second-order valence-electron chi connectivity index (χ2n) is 7.44. The third-order valence-corrected chi connectivity index (χ3v) is 5.41. The number of carbonyl (C=O) groups excluding carboxylic acids is 1. The first-order chi connectivity index (χ1) is 9.56. The Bertz CT molecular complexity index is 311. The third kappa shape index (κ3) is 3.75. The first-order valence-electron chi connectivity index (χ1n) is 8.56. The molecule has 0 radical (unpaired) electrons. The average Bonchev–Trinajstić information content (AvgIpc) is 2.87. The molecule has 0 atom stereocenters. The van der Waals surface area contributed by atoms with Gasteiger partial charge in [-0.25, -0.2) is 0 Å². The zero-order chi connectivity index (χ0) is 14.6. The number of amides is 1. The minimum Gasteiger partial charge on any atom is -0.340 e. The first kappa shape index (κ1) is 15.8. The minimum atomic E-state index is 0.145. The van der Waals surface area contributed by atoms with Crippen LogP contribution in [0.4, 0.5) is 0 Å². The third-order valence-electron chi connectivity index (χ3n) is 5.41. The van der Waals surface area contributed by atoms with Gasteiger partial charge in [-0.1, -0.05) is 33.1 Å². The lowest BCUT2D eigenvalue weighted by atomic mass is 9.66. The van der Waals surface area contributed by atoms with Crippen LogP contribution in [0.15, 0.2) is 0 Å². The summed E-state index contributed by atoms with van der Waals surface area (Å²) in [5, 5.41) is 0. The number of hydrogen-bond donors (Lipinski definition) is 1. The SMILES string of the molecule is CC(C)CCN(C(=O)CC1(CN)CCC1)C1CCCC1. The Kier molecular flexibility index (Phi) is 5.48. The molecule has 3 heteroatoms. The van der Waals surface area contributed by atoms with E-state index < -0.39 is 0 Å². The molecule has 0 saturated heterocycles. The van der Waals surface area contributed by atoms with E-state index in [0.29, 0.717) is 30.8 Å². The molecule has 2 fully saturated rings. The Labute approximate surface area is 124 Å². The standard InChI is InChI=1S/C17H32N2O/c1-14(2)8-11-19(15-6-3-4-7-15)16(20)12-17(13-18)9-5-10-17/h14-15H,3-13,18H2,1-2H3. The summed E-state index contributed by atoms with van der Waals surface area (Å²) < 4.78 is 0. The van der Waals surface area contributed by atoms with Gasteiger partial charge in [0.2, 0.25) is 5.91 Å². The Hall–Kier alpha value is -0.570. The lowest BCUT2D eigenvalue weighted by molar-refractivity contribution is -0.137. The summed E-state index contributed by atoms with van der Waals surface area (Å²) in [5.74, 6) is 1.04. The highest BCUT2D eigenvalue weighted by Crippen LogP contribution is 2.43. The molecule has 2 aliphatic rings. The Morgan fingerprint density at radius 3 is 2.35 bits per heavy atom. The molecule has 0 aliphatic heterocycles. The minimum absolute atomic E-state index is 0.145. The fourth-order valence-electron chi connectivity index (χ4n) is 3.68. The van der Waals surface area contributed by atoms with Crippen LogP contribution in [0.1, 0.15) is 71.6 Å². The highest BCUT2D eigenvalue weighted by molar-refractivity contribution is 5.77. The van der Waals surface area contributed by atoms with Crippen LogP contribution in [0, 0.1) is 11.3 Å². The quantitative estimate of drug-likeness (QED) is 0.777. The number of nitrogens with zero attached hydrogens (tertiary/aromatic N) is 1. The van der Waals surface area contributed by atoms with Gasteiger partial charge >= 0.3 is 0 Å². The van der Waals surface area contributed by atoms with E-state index in [4.69, 9.17) is 5.73 Å².